The van der Waals surface area contributed by atoms with Gasteiger partial charge in [0, 0.05) is 5.75 Å². The van der Waals surface area contributed by atoms with Crippen LogP contribution in [-0.4, -0.2) is 5.75 Å². The van der Waals surface area contributed by atoms with Crippen LogP contribution in [0.2, 0.25) is 0 Å². The van der Waals surface area contributed by atoms with Crippen LogP contribution in [0, 0.1) is 11.6 Å². The zero-order chi connectivity index (χ0) is 8.97. The Morgan fingerprint density at radius 3 is 2.58 bits per heavy atom. The second kappa shape index (κ2) is 4.45. The molecule has 0 saturated carbocycles. The first-order valence-corrected chi connectivity index (χ1v) is 4.91. The van der Waals surface area contributed by atoms with E-state index in [0.717, 1.165) is 17.1 Å². The van der Waals surface area contributed by atoms with Gasteiger partial charge in [-0.1, -0.05) is 13.0 Å². The maximum Gasteiger partial charge on any atom is 0.159 e. The largest absolute Gasteiger partial charge is 0.204 e. The summed E-state index contributed by atoms with van der Waals surface area (Å²) in [6.07, 6.45) is 0. The zero-order valence-corrected chi connectivity index (χ0v) is 7.63. The number of hydrogen-bond donors (Lipinski definition) is 0. The molecular weight excluding hydrogens is 178 g/mol. The molecule has 0 spiro atoms. The van der Waals surface area contributed by atoms with Crippen molar-refractivity contribution >= 4 is 11.8 Å². The maximum atomic E-state index is 12.6. The van der Waals surface area contributed by atoms with Crippen LogP contribution >= 0.6 is 11.8 Å². The first kappa shape index (κ1) is 9.52. The molecule has 0 aliphatic carbocycles. The van der Waals surface area contributed by atoms with E-state index in [1.54, 1.807) is 17.8 Å². The molecule has 1 rings (SSSR count). The fourth-order valence-electron chi connectivity index (χ4n) is 0.849. The van der Waals surface area contributed by atoms with Gasteiger partial charge >= 0.3 is 0 Å². The van der Waals surface area contributed by atoms with Crippen LogP contribution in [0.25, 0.3) is 0 Å². The molecule has 0 unspecified atom stereocenters. The lowest BCUT2D eigenvalue weighted by Crippen LogP contribution is -1.87. The van der Waals surface area contributed by atoms with Crippen LogP contribution in [0.1, 0.15) is 12.5 Å². The summed E-state index contributed by atoms with van der Waals surface area (Å²) in [5.74, 6) is 0.191. The van der Waals surface area contributed by atoms with E-state index in [0.29, 0.717) is 0 Å². The molecule has 0 radical (unpaired) electrons. The van der Waals surface area contributed by atoms with Crippen LogP contribution in [-0.2, 0) is 5.75 Å². The van der Waals surface area contributed by atoms with Crippen LogP contribution in [0.3, 0.4) is 0 Å². The van der Waals surface area contributed by atoms with Crippen molar-refractivity contribution in [3.63, 3.8) is 0 Å². The average Bonchev–Trinajstić information content (AvgIpc) is 2.07. The smallest absolute Gasteiger partial charge is 0.159 e. The summed E-state index contributed by atoms with van der Waals surface area (Å²) < 4.78 is 25.1. The normalized spacial score (nSPS) is 10.2. The second-order valence-electron chi connectivity index (χ2n) is 2.39. The van der Waals surface area contributed by atoms with Gasteiger partial charge < -0.3 is 0 Å². The summed E-state index contributed by atoms with van der Waals surface area (Å²) in [6.45, 7) is 2.03. The molecule has 1 aromatic carbocycles. The Morgan fingerprint density at radius 2 is 2.00 bits per heavy atom. The van der Waals surface area contributed by atoms with Crippen molar-refractivity contribution in [3.8, 4) is 0 Å². The SMILES string of the molecule is CCSCc1ccc(F)c(F)c1. The van der Waals surface area contributed by atoms with E-state index in [9.17, 15) is 8.78 Å². The van der Waals surface area contributed by atoms with Crippen LogP contribution in [0.15, 0.2) is 18.2 Å². The minimum absolute atomic E-state index is 0.744. The van der Waals surface area contributed by atoms with Crippen molar-refractivity contribution in [2.24, 2.45) is 0 Å². The fourth-order valence-corrected chi connectivity index (χ4v) is 1.47. The average molecular weight is 188 g/mol. The van der Waals surface area contributed by atoms with Crippen molar-refractivity contribution < 1.29 is 8.78 Å². The predicted octanol–water partition coefficient (Wildman–Crippen LogP) is 3.22. The van der Waals surface area contributed by atoms with Gasteiger partial charge in [0.15, 0.2) is 11.6 Å². The third-order valence-electron chi connectivity index (χ3n) is 1.46. The summed E-state index contributed by atoms with van der Waals surface area (Å²) >= 11 is 1.69. The molecule has 0 saturated heterocycles. The lowest BCUT2D eigenvalue weighted by molar-refractivity contribution is 0.507. The Kier molecular flexibility index (Phi) is 3.53. The first-order chi connectivity index (χ1) is 5.74. The molecular formula is C9H10F2S. The van der Waals surface area contributed by atoms with Crippen molar-refractivity contribution in [1.82, 2.24) is 0 Å². The van der Waals surface area contributed by atoms with Crippen LogP contribution in [0.4, 0.5) is 8.78 Å². The predicted molar refractivity (Wildman–Crippen MR) is 48.2 cm³/mol. The Bertz CT molecular complexity index is 261. The third kappa shape index (κ3) is 2.48. The van der Waals surface area contributed by atoms with Gasteiger partial charge in [-0.3, -0.25) is 0 Å². The Hall–Kier alpha value is -0.570. The lowest BCUT2D eigenvalue weighted by Gasteiger charge is -1.99. The van der Waals surface area contributed by atoms with E-state index in [-0.39, 0.29) is 0 Å². The Labute approximate surface area is 75.0 Å². The highest BCUT2D eigenvalue weighted by Crippen LogP contribution is 2.14. The van der Waals surface area contributed by atoms with Gasteiger partial charge in [-0.15, -0.1) is 0 Å². The Morgan fingerprint density at radius 1 is 1.25 bits per heavy atom. The molecule has 12 heavy (non-hydrogen) atoms. The molecule has 0 N–H and O–H groups in total. The number of benzene rings is 1. The molecule has 0 aromatic heterocycles. The quantitative estimate of drug-likeness (QED) is 0.701. The molecule has 3 heteroatoms. The van der Waals surface area contributed by atoms with Crippen molar-refractivity contribution in [2.75, 3.05) is 5.75 Å². The van der Waals surface area contributed by atoms with E-state index in [1.165, 1.54) is 12.1 Å². The van der Waals surface area contributed by atoms with Gasteiger partial charge in [0.25, 0.3) is 0 Å². The standard InChI is InChI=1S/C9H10F2S/c1-2-12-6-7-3-4-8(10)9(11)5-7/h3-5H,2,6H2,1H3. The van der Waals surface area contributed by atoms with E-state index < -0.39 is 11.6 Å². The third-order valence-corrected chi connectivity index (χ3v) is 2.40. The zero-order valence-electron chi connectivity index (χ0n) is 6.81. The first-order valence-electron chi connectivity index (χ1n) is 3.75. The highest BCUT2D eigenvalue weighted by Gasteiger charge is 2.01. The summed E-state index contributed by atoms with van der Waals surface area (Å²) in [5.41, 5.74) is 0.834. The number of rotatable bonds is 3. The summed E-state index contributed by atoms with van der Waals surface area (Å²) in [7, 11) is 0. The highest BCUT2D eigenvalue weighted by molar-refractivity contribution is 7.98. The van der Waals surface area contributed by atoms with Crippen molar-refractivity contribution in [3.05, 3.63) is 35.4 Å². The summed E-state index contributed by atoms with van der Waals surface area (Å²) in [4.78, 5) is 0. The van der Waals surface area contributed by atoms with Crippen molar-refractivity contribution in [1.29, 1.82) is 0 Å². The second-order valence-corrected chi connectivity index (χ2v) is 3.66. The van der Waals surface area contributed by atoms with Gasteiger partial charge in [-0.2, -0.15) is 11.8 Å². The Balaban J connectivity index is 2.69. The molecule has 66 valence electrons. The molecule has 1 aromatic rings. The van der Waals surface area contributed by atoms with Gasteiger partial charge in [0.05, 0.1) is 0 Å². The van der Waals surface area contributed by atoms with E-state index in [4.69, 9.17) is 0 Å². The molecule has 0 heterocycles. The molecule has 0 aliphatic rings. The van der Waals surface area contributed by atoms with Crippen LogP contribution in [0.5, 0.6) is 0 Å². The maximum absolute atomic E-state index is 12.6. The topological polar surface area (TPSA) is 0 Å². The van der Waals surface area contributed by atoms with Crippen LogP contribution < -0.4 is 0 Å². The number of hydrogen-bond acceptors (Lipinski definition) is 1. The molecule has 0 atom stereocenters. The molecule has 0 bridgehead atoms. The minimum atomic E-state index is -0.778. The summed E-state index contributed by atoms with van der Waals surface area (Å²) in [5, 5.41) is 0. The lowest BCUT2D eigenvalue weighted by atomic mass is 10.2. The molecule has 0 nitrogen and oxygen atoms in total. The summed E-state index contributed by atoms with van der Waals surface area (Å²) in [6, 6.07) is 4.03. The van der Waals surface area contributed by atoms with Gasteiger partial charge in [-0.25, -0.2) is 8.78 Å². The number of thioether (sulfide) groups is 1. The molecule has 0 amide bonds. The molecule has 0 aliphatic heterocycles. The minimum Gasteiger partial charge on any atom is -0.204 e. The van der Waals surface area contributed by atoms with E-state index in [2.05, 4.69) is 0 Å². The van der Waals surface area contributed by atoms with E-state index in [1.807, 2.05) is 6.92 Å². The van der Waals surface area contributed by atoms with Gasteiger partial charge in [0.1, 0.15) is 0 Å². The van der Waals surface area contributed by atoms with Crippen molar-refractivity contribution in [2.45, 2.75) is 12.7 Å². The van der Waals surface area contributed by atoms with Gasteiger partial charge in [-0.05, 0) is 23.4 Å². The highest BCUT2D eigenvalue weighted by atomic mass is 32.2. The van der Waals surface area contributed by atoms with Gasteiger partial charge in [0.2, 0.25) is 0 Å². The van der Waals surface area contributed by atoms with E-state index >= 15 is 0 Å². The number of halogens is 2. The monoisotopic (exact) mass is 188 g/mol. The fraction of sp³-hybridized carbons (Fsp3) is 0.333. The molecule has 0 fully saturated rings.